The Bertz CT molecular complexity index is 700. The van der Waals surface area contributed by atoms with Crippen molar-refractivity contribution in [3.63, 3.8) is 0 Å². The van der Waals surface area contributed by atoms with Crippen LogP contribution in [0.3, 0.4) is 0 Å². The van der Waals surface area contributed by atoms with E-state index in [4.69, 9.17) is 0 Å². The van der Waals surface area contributed by atoms with Gasteiger partial charge in [0.15, 0.2) is 5.69 Å². The Morgan fingerprint density at radius 1 is 1.14 bits per heavy atom. The Morgan fingerprint density at radius 3 is 2.43 bits per heavy atom. The van der Waals surface area contributed by atoms with Crippen LogP contribution in [0.2, 0.25) is 0 Å². The molecule has 0 unspecified atom stereocenters. The van der Waals surface area contributed by atoms with Gasteiger partial charge in [0.05, 0.1) is 17.7 Å². The zero-order chi connectivity index (χ0) is 15.6. The van der Waals surface area contributed by atoms with Gasteiger partial charge in [-0.3, -0.25) is 4.79 Å². The molecule has 2 aromatic rings. The molecule has 0 atom stereocenters. The predicted molar refractivity (Wildman–Crippen MR) is 78.5 cm³/mol. The van der Waals surface area contributed by atoms with Gasteiger partial charge in [0, 0.05) is 26.5 Å². The highest BCUT2D eigenvalue weighted by Crippen LogP contribution is 2.27. The minimum atomic E-state index is -1.17. The second kappa shape index (κ2) is 5.74. The number of carbonyl (C=O) groups excluding carboxylic acids is 1. The molecule has 2 rings (SSSR count). The molecule has 0 radical (unpaired) electrons. The molecule has 21 heavy (non-hydrogen) atoms. The molecule has 0 fully saturated rings. The standard InChI is InChI=1S/C14H16N4O3/c1-17(2)11(19)8-18(3)13-9-6-4-5-7-10(9)15-16-12(13)14(20)21/h4-7H,8H2,1-3H3,(H,20,21). The Morgan fingerprint density at radius 2 is 1.81 bits per heavy atom. The molecule has 0 aliphatic heterocycles. The van der Waals surface area contributed by atoms with E-state index in [1.54, 1.807) is 50.3 Å². The third kappa shape index (κ3) is 2.91. The number of likely N-dealkylation sites (N-methyl/N-ethyl adjacent to an activating group) is 2. The number of nitrogens with zero attached hydrogens (tertiary/aromatic N) is 4. The van der Waals surface area contributed by atoms with Crippen LogP contribution in [0.25, 0.3) is 10.9 Å². The van der Waals surface area contributed by atoms with Crippen LogP contribution >= 0.6 is 0 Å². The molecule has 1 amide bonds. The first-order valence-corrected chi connectivity index (χ1v) is 6.32. The summed E-state index contributed by atoms with van der Waals surface area (Å²) in [7, 11) is 4.96. The topological polar surface area (TPSA) is 86.6 Å². The van der Waals surface area contributed by atoms with Gasteiger partial charge in [-0.2, -0.15) is 0 Å². The summed E-state index contributed by atoms with van der Waals surface area (Å²) in [6, 6.07) is 7.11. The number of amides is 1. The van der Waals surface area contributed by atoms with E-state index in [-0.39, 0.29) is 18.1 Å². The molecule has 0 saturated carbocycles. The zero-order valence-corrected chi connectivity index (χ0v) is 12.1. The molecule has 0 saturated heterocycles. The molecule has 1 aromatic carbocycles. The number of rotatable bonds is 4. The van der Waals surface area contributed by atoms with Crippen molar-refractivity contribution in [1.29, 1.82) is 0 Å². The van der Waals surface area contributed by atoms with Crippen LogP contribution < -0.4 is 4.90 Å². The van der Waals surface area contributed by atoms with Gasteiger partial charge in [0.1, 0.15) is 0 Å². The summed E-state index contributed by atoms with van der Waals surface area (Å²) in [6.45, 7) is 0.0585. The first-order valence-electron chi connectivity index (χ1n) is 6.32. The molecule has 1 aromatic heterocycles. The van der Waals surface area contributed by atoms with Crippen molar-refractivity contribution in [3.8, 4) is 0 Å². The van der Waals surface area contributed by atoms with Gasteiger partial charge in [-0.25, -0.2) is 4.79 Å². The molecule has 110 valence electrons. The third-order valence-corrected chi connectivity index (χ3v) is 3.10. The van der Waals surface area contributed by atoms with Crippen molar-refractivity contribution in [1.82, 2.24) is 15.1 Å². The van der Waals surface area contributed by atoms with E-state index in [2.05, 4.69) is 10.2 Å². The van der Waals surface area contributed by atoms with Crippen molar-refractivity contribution in [2.45, 2.75) is 0 Å². The van der Waals surface area contributed by atoms with Gasteiger partial charge in [-0.15, -0.1) is 10.2 Å². The fraction of sp³-hybridized carbons (Fsp3) is 0.286. The van der Waals surface area contributed by atoms with Crippen LogP contribution in [0.1, 0.15) is 10.5 Å². The van der Waals surface area contributed by atoms with Crippen LogP contribution in [0, 0.1) is 0 Å². The van der Waals surface area contributed by atoms with Crippen molar-refractivity contribution in [2.75, 3.05) is 32.6 Å². The maximum atomic E-state index is 11.8. The molecular formula is C14H16N4O3. The van der Waals surface area contributed by atoms with Crippen molar-refractivity contribution >= 4 is 28.5 Å². The van der Waals surface area contributed by atoms with Gasteiger partial charge in [0.25, 0.3) is 0 Å². The quantitative estimate of drug-likeness (QED) is 0.897. The number of anilines is 1. The van der Waals surface area contributed by atoms with Crippen LogP contribution in [0.5, 0.6) is 0 Å². The van der Waals surface area contributed by atoms with E-state index < -0.39 is 5.97 Å². The lowest BCUT2D eigenvalue weighted by Crippen LogP contribution is -2.35. The highest BCUT2D eigenvalue weighted by Gasteiger charge is 2.21. The minimum absolute atomic E-state index is 0.0585. The van der Waals surface area contributed by atoms with Crippen LogP contribution in [-0.4, -0.2) is 59.8 Å². The highest BCUT2D eigenvalue weighted by atomic mass is 16.4. The molecular weight excluding hydrogens is 272 g/mol. The van der Waals surface area contributed by atoms with E-state index >= 15 is 0 Å². The van der Waals surface area contributed by atoms with Gasteiger partial charge in [-0.05, 0) is 6.07 Å². The lowest BCUT2D eigenvalue weighted by Gasteiger charge is -2.23. The number of fused-ring (bicyclic) bond motifs is 1. The normalized spacial score (nSPS) is 10.4. The minimum Gasteiger partial charge on any atom is -0.476 e. The lowest BCUT2D eigenvalue weighted by molar-refractivity contribution is -0.127. The van der Waals surface area contributed by atoms with Gasteiger partial charge in [0.2, 0.25) is 5.91 Å². The van der Waals surface area contributed by atoms with Gasteiger partial charge < -0.3 is 14.9 Å². The van der Waals surface area contributed by atoms with Crippen LogP contribution in [0.15, 0.2) is 24.3 Å². The predicted octanol–water partition coefficient (Wildman–Crippen LogP) is 0.852. The average Bonchev–Trinajstić information content (AvgIpc) is 2.45. The number of hydrogen-bond donors (Lipinski definition) is 1. The first kappa shape index (κ1) is 14.7. The molecule has 0 spiro atoms. The SMILES string of the molecule is CN(C)C(=O)CN(C)c1c(C(=O)O)nnc2ccccc12. The fourth-order valence-corrected chi connectivity index (χ4v) is 1.99. The summed E-state index contributed by atoms with van der Waals surface area (Å²) in [5.41, 5.74) is 0.813. The Labute approximate surface area is 121 Å². The Kier molecular flexibility index (Phi) is 4.02. The van der Waals surface area contributed by atoms with E-state index in [9.17, 15) is 14.7 Å². The van der Waals surface area contributed by atoms with Gasteiger partial charge in [-0.1, -0.05) is 18.2 Å². The fourth-order valence-electron chi connectivity index (χ4n) is 1.99. The first-order chi connectivity index (χ1) is 9.91. The maximum absolute atomic E-state index is 11.8. The van der Waals surface area contributed by atoms with Crippen molar-refractivity contribution in [3.05, 3.63) is 30.0 Å². The number of benzene rings is 1. The van der Waals surface area contributed by atoms with Crippen LogP contribution in [-0.2, 0) is 4.79 Å². The molecule has 0 bridgehead atoms. The summed E-state index contributed by atoms with van der Waals surface area (Å²) in [5.74, 6) is -1.30. The van der Waals surface area contributed by atoms with E-state index in [1.807, 2.05) is 0 Å². The maximum Gasteiger partial charge on any atom is 0.358 e. The summed E-state index contributed by atoms with van der Waals surface area (Å²) in [4.78, 5) is 26.2. The Hall–Kier alpha value is -2.70. The number of aromatic carboxylic acids is 1. The Balaban J connectivity index is 2.56. The molecule has 7 nitrogen and oxygen atoms in total. The smallest absolute Gasteiger partial charge is 0.358 e. The van der Waals surface area contributed by atoms with Crippen molar-refractivity contribution < 1.29 is 14.7 Å². The number of aromatic nitrogens is 2. The van der Waals surface area contributed by atoms with Gasteiger partial charge >= 0.3 is 5.97 Å². The van der Waals surface area contributed by atoms with E-state index in [0.717, 1.165) is 0 Å². The number of carboxylic acid groups (broad SMARTS) is 1. The van der Waals surface area contributed by atoms with Crippen molar-refractivity contribution in [2.24, 2.45) is 0 Å². The largest absolute Gasteiger partial charge is 0.476 e. The summed E-state index contributed by atoms with van der Waals surface area (Å²) in [5, 5.41) is 17.6. The van der Waals surface area contributed by atoms with E-state index in [1.165, 1.54) is 4.90 Å². The molecule has 1 N–H and O–H groups in total. The molecule has 0 aliphatic carbocycles. The summed E-state index contributed by atoms with van der Waals surface area (Å²) < 4.78 is 0. The molecule has 1 heterocycles. The lowest BCUT2D eigenvalue weighted by atomic mass is 10.1. The third-order valence-electron chi connectivity index (χ3n) is 3.10. The summed E-state index contributed by atoms with van der Waals surface area (Å²) >= 11 is 0. The number of carbonyl (C=O) groups is 2. The molecule has 0 aliphatic rings. The monoisotopic (exact) mass is 288 g/mol. The summed E-state index contributed by atoms with van der Waals surface area (Å²) in [6.07, 6.45) is 0. The van der Waals surface area contributed by atoms with E-state index in [0.29, 0.717) is 16.6 Å². The number of hydrogen-bond acceptors (Lipinski definition) is 5. The highest BCUT2D eigenvalue weighted by molar-refractivity contribution is 6.03. The second-order valence-electron chi connectivity index (χ2n) is 4.86. The second-order valence-corrected chi connectivity index (χ2v) is 4.86. The number of carboxylic acids is 1. The molecule has 7 heteroatoms. The average molecular weight is 288 g/mol. The van der Waals surface area contributed by atoms with Crippen LogP contribution in [0.4, 0.5) is 5.69 Å². The zero-order valence-electron chi connectivity index (χ0n) is 12.1.